The Balaban J connectivity index is 1.94. The number of hydrogen-bond donors (Lipinski definition) is 1. The second-order valence-corrected chi connectivity index (χ2v) is 5.32. The van der Waals surface area contributed by atoms with Crippen LogP contribution in [0.25, 0.3) is 11.5 Å². The van der Waals surface area contributed by atoms with E-state index < -0.39 is 11.4 Å². The largest absolute Gasteiger partial charge is 0.334 e. The summed E-state index contributed by atoms with van der Waals surface area (Å²) >= 11 is 5.64. The van der Waals surface area contributed by atoms with Crippen LogP contribution in [0.2, 0.25) is 5.02 Å². The first kappa shape index (κ1) is 12.6. The van der Waals surface area contributed by atoms with Crippen molar-refractivity contribution >= 4 is 11.6 Å². The average Bonchev–Trinajstić information content (AvgIpc) is 3.02. The molecule has 1 aromatic carbocycles. The van der Waals surface area contributed by atoms with Crippen molar-refractivity contribution in [2.24, 2.45) is 5.73 Å². The molecule has 1 saturated carbocycles. The molecule has 1 aliphatic carbocycles. The summed E-state index contributed by atoms with van der Waals surface area (Å²) in [6, 6.07) is 4.38. The molecule has 2 N–H and O–H groups in total. The Bertz CT molecular complexity index is 608. The van der Waals surface area contributed by atoms with Gasteiger partial charge in [-0.1, -0.05) is 29.6 Å². The molecule has 0 radical (unpaired) electrons. The maximum absolute atomic E-state index is 13.4. The third-order valence-electron chi connectivity index (χ3n) is 3.53. The van der Waals surface area contributed by atoms with E-state index in [1.54, 1.807) is 6.07 Å². The Hall–Kier alpha value is -1.46. The molecule has 0 spiro atoms. The molecule has 6 heteroatoms. The molecule has 0 atom stereocenters. The monoisotopic (exact) mass is 281 g/mol. The van der Waals surface area contributed by atoms with E-state index in [2.05, 4.69) is 10.1 Å². The van der Waals surface area contributed by atoms with E-state index in [1.807, 2.05) is 0 Å². The maximum Gasteiger partial charge on any atom is 0.258 e. The van der Waals surface area contributed by atoms with Crippen molar-refractivity contribution in [3.63, 3.8) is 0 Å². The first-order valence-electron chi connectivity index (χ1n) is 6.17. The van der Waals surface area contributed by atoms with E-state index in [0.717, 1.165) is 25.7 Å². The zero-order valence-electron chi connectivity index (χ0n) is 10.2. The van der Waals surface area contributed by atoms with Gasteiger partial charge in [-0.2, -0.15) is 4.98 Å². The van der Waals surface area contributed by atoms with Gasteiger partial charge >= 0.3 is 0 Å². The van der Waals surface area contributed by atoms with Crippen molar-refractivity contribution < 1.29 is 8.91 Å². The molecule has 100 valence electrons. The van der Waals surface area contributed by atoms with Crippen molar-refractivity contribution in [3.05, 3.63) is 34.9 Å². The molecule has 2 aromatic rings. The lowest BCUT2D eigenvalue weighted by atomic mass is 9.99. The first-order valence-corrected chi connectivity index (χ1v) is 6.55. The SMILES string of the molecule is NC1(c2noc(-c3ccc(Cl)c(F)c3)n2)CCCC1. The molecule has 1 aromatic heterocycles. The quantitative estimate of drug-likeness (QED) is 0.917. The highest BCUT2D eigenvalue weighted by Crippen LogP contribution is 2.35. The zero-order valence-corrected chi connectivity index (χ0v) is 11.0. The highest BCUT2D eigenvalue weighted by Gasteiger charge is 2.36. The van der Waals surface area contributed by atoms with Gasteiger partial charge in [0.05, 0.1) is 10.6 Å². The molecule has 0 saturated heterocycles. The van der Waals surface area contributed by atoms with E-state index >= 15 is 0 Å². The summed E-state index contributed by atoms with van der Waals surface area (Å²) in [4.78, 5) is 4.29. The van der Waals surface area contributed by atoms with Crippen LogP contribution in [0.5, 0.6) is 0 Å². The topological polar surface area (TPSA) is 64.9 Å². The molecule has 1 fully saturated rings. The number of hydrogen-bond acceptors (Lipinski definition) is 4. The summed E-state index contributed by atoms with van der Waals surface area (Å²) in [5.74, 6) is 0.250. The number of nitrogens with zero attached hydrogens (tertiary/aromatic N) is 2. The van der Waals surface area contributed by atoms with Crippen molar-refractivity contribution in [1.29, 1.82) is 0 Å². The predicted octanol–water partition coefficient (Wildman–Crippen LogP) is 3.26. The molecule has 4 nitrogen and oxygen atoms in total. The number of nitrogens with two attached hydrogens (primary N) is 1. The molecule has 1 aliphatic rings. The fourth-order valence-electron chi connectivity index (χ4n) is 2.40. The summed E-state index contributed by atoms with van der Waals surface area (Å²) in [7, 11) is 0. The van der Waals surface area contributed by atoms with Gasteiger partial charge in [0, 0.05) is 5.56 Å². The lowest BCUT2D eigenvalue weighted by molar-refractivity contribution is 0.372. The fraction of sp³-hybridized carbons (Fsp3) is 0.385. The van der Waals surface area contributed by atoms with Crippen molar-refractivity contribution in [2.45, 2.75) is 31.2 Å². The average molecular weight is 282 g/mol. The van der Waals surface area contributed by atoms with Crippen molar-refractivity contribution in [1.82, 2.24) is 10.1 Å². The van der Waals surface area contributed by atoms with E-state index in [9.17, 15) is 4.39 Å². The van der Waals surface area contributed by atoms with Crippen LogP contribution >= 0.6 is 11.6 Å². The first-order chi connectivity index (χ1) is 9.08. The normalized spacial score (nSPS) is 17.8. The van der Waals surface area contributed by atoms with Gasteiger partial charge in [-0.3, -0.25) is 0 Å². The van der Waals surface area contributed by atoms with E-state index in [1.165, 1.54) is 12.1 Å². The van der Waals surface area contributed by atoms with Gasteiger partial charge < -0.3 is 10.3 Å². The van der Waals surface area contributed by atoms with Crippen LogP contribution in [-0.2, 0) is 5.54 Å². The van der Waals surface area contributed by atoms with Gasteiger partial charge in [-0.05, 0) is 31.0 Å². The molecule has 0 amide bonds. The molecule has 0 bridgehead atoms. The van der Waals surface area contributed by atoms with Gasteiger partial charge in [-0.15, -0.1) is 0 Å². The predicted molar refractivity (Wildman–Crippen MR) is 69.0 cm³/mol. The third kappa shape index (κ3) is 2.24. The molecule has 0 aliphatic heterocycles. The molecule has 19 heavy (non-hydrogen) atoms. The highest BCUT2D eigenvalue weighted by molar-refractivity contribution is 6.30. The summed E-state index contributed by atoms with van der Waals surface area (Å²) < 4.78 is 18.6. The highest BCUT2D eigenvalue weighted by atomic mass is 35.5. The number of aromatic nitrogens is 2. The minimum Gasteiger partial charge on any atom is -0.334 e. The van der Waals surface area contributed by atoms with Crippen LogP contribution in [0.1, 0.15) is 31.5 Å². The van der Waals surface area contributed by atoms with Gasteiger partial charge in [0.2, 0.25) is 0 Å². The number of halogens is 2. The van der Waals surface area contributed by atoms with E-state index in [0.29, 0.717) is 11.4 Å². The van der Waals surface area contributed by atoms with Gasteiger partial charge in [0.25, 0.3) is 5.89 Å². The second-order valence-electron chi connectivity index (χ2n) is 4.92. The molecular weight excluding hydrogens is 269 g/mol. The summed E-state index contributed by atoms with van der Waals surface area (Å²) in [5, 5.41) is 4.00. The van der Waals surface area contributed by atoms with Crippen LogP contribution in [0.15, 0.2) is 22.7 Å². The lowest BCUT2D eigenvalue weighted by Gasteiger charge is -2.17. The Morgan fingerprint density at radius 1 is 1.32 bits per heavy atom. The Morgan fingerprint density at radius 3 is 2.74 bits per heavy atom. The molecular formula is C13H13ClFN3O. The number of benzene rings is 1. The molecule has 3 rings (SSSR count). The van der Waals surface area contributed by atoms with Crippen LogP contribution in [0.4, 0.5) is 4.39 Å². The summed E-state index contributed by atoms with van der Waals surface area (Å²) in [6.45, 7) is 0. The van der Waals surface area contributed by atoms with Crippen LogP contribution < -0.4 is 5.73 Å². The van der Waals surface area contributed by atoms with Crippen molar-refractivity contribution in [2.75, 3.05) is 0 Å². The van der Waals surface area contributed by atoms with Crippen LogP contribution in [-0.4, -0.2) is 10.1 Å². The minimum atomic E-state index is -0.512. The summed E-state index contributed by atoms with van der Waals surface area (Å²) in [5.41, 5.74) is 6.24. The zero-order chi connectivity index (χ0) is 13.5. The molecule has 1 heterocycles. The van der Waals surface area contributed by atoms with Gasteiger partial charge in [0.15, 0.2) is 5.82 Å². The van der Waals surface area contributed by atoms with Crippen molar-refractivity contribution in [3.8, 4) is 11.5 Å². The third-order valence-corrected chi connectivity index (χ3v) is 3.84. The van der Waals surface area contributed by atoms with Gasteiger partial charge in [-0.25, -0.2) is 4.39 Å². The second kappa shape index (κ2) is 4.58. The summed E-state index contributed by atoms with van der Waals surface area (Å²) in [6.07, 6.45) is 3.83. The molecule has 0 unspecified atom stereocenters. The lowest BCUT2D eigenvalue weighted by Crippen LogP contribution is -2.34. The Kier molecular flexibility index (Phi) is 3.03. The van der Waals surface area contributed by atoms with E-state index in [-0.39, 0.29) is 10.9 Å². The standard InChI is InChI=1S/C13H13ClFN3O/c14-9-4-3-8(7-10(9)15)11-17-12(18-19-11)13(16)5-1-2-6-13/h3-4,7H,1-2,5-6,16H2. The minimum absolute atomic E-state index is 0.0644. The Morgan fingerprint density at radius 2 is 2.05 bits per heavy atom. The Labute approximate surface area is 114 Å². The maximum atomic E-state index is 13.4. The van der Waals surface area contributed by atoms with Crippen LogP contribution in [0, 0.1) is 5.82 Å². The van der Waals surface area contributed by atoms with Gasteiger partial charge in [0.1, 0.15) is 5.82 Å². The smallest absolute Gasteiger partial charge is 0.258 e. The van der Waals surface area contributed by atoms with Crippen LogP contribution in [0.3, 0.4) is 0 Å². The fourth-order valence-corrected chi connectivity index (χ4v) is 2.52. The number of rotatable bonds is 2. The van der Waals surface area contributed by atoms with E-state index in [4.69, 9.17) is 21.9 Å².